The topological polar surface area (TPSA) is 55.7 Å². The molecule has 0 spiro atoms. The van der Waals surface area contributed by atoms with Crippen LogP contribution in [0.3, 0.4) is 0 Å². The van der Waals surface area contributed by atoms with Gasteiger partial charge >= 0.3 is 12.4 Å². The van der Waals surface area contributed by atoms with E-state index >= 15 is 0 Å². The quantitative estimate of drug-likeness (QED) is 0.531. The van der Waals surface area contributed by atoms with Gasteiger partial charge in [0.2, 0.25) is 11.7 Å². The molecule has 1 aromatic carbocycles. The number of carbonyl (C=O) groups is 1. The van der Waals surface area contributed by atoms with Crippen molar-refractivity contribution in [1.82, 2.24) is 4.90 Å². The third kappa shape index (κ3) is 6.01. The molecular weight excluding hydrogens is 425 g/mol. The summed E-state index contributed by atoms with van der Waals surface area (Å²) in [7, 11) is 0. The predicted octanol–water partition coefficient (Wildman–Crippen LogP) is 3.93. The first-order valence-electron chi connectivity index (χ1n) is 7.11. The first-order valence-corrected chi connectivity index (χ1v) is 9.41. The number of halogens is 7. The molecule has 0 unspecified atom stereocenters. The molecule has 1 atom stereocenters. The Morgan fingerprint density at radius 2 is 1.85 bits per heavy atom. The first kappa shape index (κ1) is 21.8. The molecule has 0 bridgehead atoms. The summed E-state index contributed by atoms with van der Waals surface area (Å²) in [6.45, 7) is -0.384. The Hall–Kier alpha value is -1.47. The molecule has 1 heterocycles. The number of aryl methyl sites for hydroxylation is 1. The van der Waals surface area contributed by atoms with Gasteiger partial charge in [-0.15, -0.1) is 0 Å². The lowest BCUT2D eigenvalue weighted by atomic mass is 10.2. The molecule has 1 aromatic rings. The summed E-state index contributed by atoms with van der Waals surface area (Å²) in [5.74, 6) is -3.91. The fraction of sp³-hybridized carbons (Fsp3) is 0.429. The van der Waals surface area contributed by atoms with Gasteiger partial charge in [0.05, 0.1) is 5.75 Å². The maximum absolute atomic E-state index is 14.1. The predicted molar refractivity (Wildman–Crippen MR) is 85.8 cm³/mol. The van der Waals surface area contributed by atoms with E-state index in [2.05, 4.69) is 4.99 Å². The Kier molecular flexibility index (Phi) is 6.37. The maximum atomic E-state index is 14.1. The van der Waals surface area contributed by atoms with Crippen LogP contribution in [0.2, 0.25) is 0 Å². The minimum Gasteiger partial charge on any atom is -0.611 e. The number of nitrogens with zero attached hydrogens (tertiary/aromatic N) is 2. The maximum Gasteiger partial charge on any atom is 0.433 e. The van der Waals surface area contributed by atoms with Crippen molar-refractivity contribution in [2.75, 3.05) is 18.1 Å². The first-order chi connectivity index (χ1) is 12.3. The van der Waals surface area contributed by atoms with Crippen LogP contribution in [0.15, 0.2) is 22.0 Å². The highest BCUT2D eigenvalue weighted by Crippen LogP contribution is 2.32. The van der Waals surface area contributed by atoms with Gasteiger partial charge in [-0.05, 0) is 24.2 Å². The summed E-state index contributed by atoms with van der Waals surface area (Å²) < 4.78 is 101. The molecule has 0 aliphatic carbocycles. The van der Waals surface area contributed by atoms with Crippen molar-refractivity contribution in [2.24, 2.45) is 4.99 Å². The zero-order chi connectivity index (χ0) is 20.6. The van der Waals surface area contributed by atoms with Crippen LogP contribution in [0.5, 0.6) is 0 Å². The number of alkyl halides is 6. The molecule has 2 rings (SSSR count). The molecule has 1 amide bonds. The van der Waals surface area contributed by atoms with Crippen LogP contribution >= 0.6 is 11.8 Å². The van der Waals surface area contributed by atoms with Crippen molar-refractivity contribution >= 4 is 39.7 Å². The number of rotatable bonds is 4. The molecule has 1 aliphatic heterocycles. The van der Waals surface area contributed by atoms with Crippen molar-refractivity contribution in [2.45, 2.75) is 24.2 Å². The van der Waals surface area contributed by atoms with Crippen LogP contribution in [-0.2, 0) is 16.0 Å². The van der Waals surface area contributed by atoms with Gasteiger partial charge in [0.1, 0.15) is 18.0 Å². The molecule has 0 aromatic heterocycles. The van der Waals surface area contributed by atoms with E-state index in [0.29, 0.717) is 16.7 Å². The second-order valence-corrected chi connectivity index (χ2v) is 7.81. The van der Waals surface area contributed by atoms with Crippen LogP contribution in [0, 0.1) is 12.7 Å². The van der Waals surface area contributed by atoms with E-state index in [1.807, 2.05) is 0 Å². The van der Waals surface area contributed by atoms with Crippen molar-refractivity contribution in [3.05, 3.63) is 23.5 Å². The summed E-state index contributed by atoms with van der Waals surface area (Å²) in [5, 5.41) is -0.437. The monoisotopic (exact) mass is 436 g/mol. The molecule has 1 aliphatic rings. The van der Waals surface area contributed by atoms with Gasteiger partial charge in [-0.1, -0.05) is 11.8 Å². The Labute approximate surface area is 156 Å². The second kappa shape index (κ2) is 7.87. The number of hydrogen-bond donors (Lipinski definition) is 0. The van der Waals surface area contributed by atoms with E-state index in [0.717, 1.165) is 12.1 Å². The summed E-state index contributed by atoms with van der Waals surface area (Å²) in [6, 6.07) is 1.58. The largest absolute Gasteiger partial charge is 0.611 e. The molecule has 0 radical (unpaired) electrons. The molecule has 150 valence electrons. The average Bonchev–Trinajstić information content (AvgIpc) is 2.79. The van der Waals surface area contributed by atoms with E-state index < -0.39 is 58.4 Å². The molecule has 1 saturated heterocycles. The van der Waals surface area contributed by atoms with Gasteiger partial charge in [0, 0.05) is 11.6 Å². The lowest BCUT2D eigenvalue weighted by Crippen LogP contribution is -2.38. The van der Waals surface area contributed by atoms with Crippen LogP contribution < -0.4 is 0 Å². The van der Waals surface area contributed by atoms with E-state index in [1.54, 1.807) is 0 Å². The lowest BCUT2D eigenvalue weighted by molar-refractivity contribution is -0.150. The number of amidine groups is 1. The SMILES string of the molecule is Cc1cc(F)c(/N=C2\SCC(=O)N2CC(F)(F)F)cc1[S@@+]([O-])CC(F)(F)F. The highest BCUT2D eigenvalue weighted by Gasteiger charge is 2.39. The number of hydrogen-bond acceptors (Lipinski definition) is 4. The van der Waals surface area contributed by atoms with E-state index in [-0.39, 0.29) is 16.2 Å². The summed E-state index contributed by atoms with van der Waals surface area (Å²) >= 11 is -1.91. The number of aliphatic imine (C=N–C) groups is 1. The van der Waals surface area contributed by atoms with Gasteiger partial charge in [-0.25, -0.2) is 9.38 Å². The number of amides is 1. The van der Waals surface area contributed by atoms with Gasteiger partial charge in [-0.2, -0.15) is 26.3 Å². The van der Waals surface area contributed by atoms with Crippen LogP contribution in [-0.4, -0.2) is 50.9 Å². The normalized spacial score (nSPS) is 18.5. The smallest absolute Gasteiger partial charge is 0.433 e. The molecule has 0 N–H and O–H groups in total. The minimum absolute atomic E-state index is 0.0265. The minimum atomic E-state index is -4.73. The highest BCUT2D eigenvalue weighted by molar-refractivity contribution is 8.15. The zero-order valence-electron chi connectivity index (χ0n) is 13.4. The van der Waals surface area contributed by atoms with Crippen LogP contribution in [0.1, 0.15) is 5.56 Å². The van der Waals surface area contributed by atoms with E-state index in [9.17, 15) is 40.1 Å². The highest BCUT2D eigenvalue weighted by atomic mass is 32.2. The Bertz CT molecular complexity index is 765. The summed E-state index contributed by atoms with van der Waals surface area (Å²) in [4.78, 5) is 15.2. The van der Waals surface area contributed by atoms with Crippen LogP contribution in [0.25, 0.3) is 0 Å². The molecule has 27 heavy (non-hydrogen) atoms. The van der Waals surface area contributed by atoms with Gasteiger partial charge in [0.25, 0.3) is 0 Å². The van der Waals surface area contributed by atoms with Crippen molar-refractivity contribution < 1.29 is 40.1 Å². The van der Waals surface area contributed by atoms with Gasteiger partial charge < -0.3 is 4.55 Å². The third-order valence-electron chi connectivity index (χ3n) is 3.19. The average molecular weight is 436 g/mol. The van der Waals surface area contributed by atoms with E-state index in [1.165, 1.54) is 6.92 Å². The number of benzene rings is 1. The van der Waals surface area contributed by atoms with Crippen molar-refractivity contribution in [3.8, 4) is 0 Å². The number of carbonyl (C=O) groups excluding carboxylic acids is 1. The van der Waals surface area contributed by atoms with E-state index in [4.69, 9.17) is 0 Å². The fourth-order valence-corrected chi connectivity index (χ4v) is 4.13. The molecular formula is C14H11F7N2O2S2. The standard InChI is InChI=1S/C14H11F7N2O2S2/c1-7-2-8(15)9(3-10(7)27(25)6-14(19,20)21)22-12-23(5-13(16,17)18)11(24)4-26-12/h2-3H,4-6H2,1H3/b22-12-/t27-/m0/s1. The Morgan fingerprint density at radius 1 is 1.22 bits per heavy atom. The van der Waals surface area contributed by atoms with Crippen molar-refractivity contribution in [1.29, 1.82) is 0 Å². The molecule has 1 fully saturated rings. The van der Waals surface area contributed by atoms with Gasteiger partial charge in [-0.3, -0.25) is 9.69 Å². The molecule has 4 nitrogen and oxygen atoms in total. The zero-order valence-corrected chi connectivity index (χ0v) is 15.1. The van der Waals surface area contributed by atoms with Crippen LogP contribution in [0.4, 0.5) is 36.4 Å². The Morgan fingerprint density at radius 3 is 2.41 bits per heavy atom. The molecule has 0 saturated carbocycles. The van der Waals surface area contributed by atoms with Crippen molar-refractivity contribution in [3.63, 3.8) is 0 Å². The second-order valence-electron chi connectivity index (χ2n) is 5.45. The molecule has 13 heteroatoms. The lowest BCUT2D eigenvalue weighted by Gasteiger charge is -2.18. The number of thioether (sulfide) groups is 1. The Balaban J connectivity index is 2.39. The summed E-state index contributed by atoms with van der Waals surface area (Å²) in [5.41, 5.74) is -0.628. The van der Waals surface area contributed by atoms with Gasteiger partial charge in [0.15, 0.2) is 10.1 Å². The summed E-state index contributed by atoms with van der Waals surface area (Å²) in [6.07, 6.45) is -9.44. The third-order valence-corrected chi connectivity index (χ3v) is 5.68. The fourth-order valence-electron chi connectivity index (χ4n) is 2.12.